The third-order valence-corrected chi connectivity index (χ3v) is 2.88. The Morgan fingerprint density at radius 1 is 1.58 bits per heavy atom. The molecule has 1 heterocycles. The summed E-state index contributed by atoms with van der Waals surface area (Å²) in [6.07, 6.45) is 1.09. The molecule has 1 aromatic rings. The van der Waals surface area contributed by atoms with Gasteiger partial charge in [-0.05, 0) is 32.0 Å². The molecule has 1 rings (SSSR count). The highest BCUT2D eigenvalue weighted by molar-refractivity contribution is 7.12. The van der Waals surface area contributed by atoms with Crippen LogP contribution in [0.4, 0.5) is 0 Å². The van der Waals surface area contributed by atoms with Crippen molar-refractivity contribution in [2.75, 3.05) is 13.7 Å². The molecule has 0 bridgehead atoms. The van der Waals surface area contributed by atoms with Crippen LogP contribution in [0.2, 0.25) is 0 Å². The van der Waals surface area contributed by atoms with Crippen LogP contribution in [-0.4, -0.2) is 13.7 Å². The van der Waals surface area contributed by atoms with Crippen molar-refractivity contribution >= 4 is 11.3 Å². The Morgan fingerprint density at radius 3 is 2.75 bits per heavy atom. The lowest BCUT2D eigenvalue weighted by Crippen LogP contribution is -2.07. The van der Waals surface area contributed by atoms with Gasteiger partial charge >= 0.3 is 0 Å². The van der Waals surface area contributed by atoms with E-state index in [1.54, 1.807) is 18.4 Å². The minimum atomic E-state index is 0.189. The van der Waals surface area contributed by atoms with Crippen molar-refractivity contribution in [3.05, 3.63) is 21.9 Å². The summed E-state index contributed by atoms with van der Waals surface area (Å²) in [6.45, 7) is 2.78. The van der Waals surface area contributed by atoms with Gasteiger partial charge in [0.05, 0.1) is 6.10 Å². The molecule has 0 fully saturated rings. The van der Waals surface area contributed by atoms with Crippen LogP contribution in [0.3, 0.4) is 0 Å². The van der Waals surface area contributed by atoms with E-state index in [-0.39, 0.29) is 6.10 Å². The Balaban J connectivity index is 2.66. The first-order valence-electron chi connectivity index (χ1n) is 4.07. The smallest absolute Gasteiger partial charge is 0.0925 e. The van der Waals surface area contributed by atoms with Crippen LogP contribution in [-0.2, 0) is 4.74 Å². The van der Waals surface area contributed by atoms with Crippen molar-refractivity contribution in [2.24, 2.45) is 5.73 Å². The normalized spacial score (nSPS) is 13.2. The average Bonchev–Trinajstić information content (AvgIpc) is 2.47. The highest BCUT2D eigenvalue weighted by Gasteiger charge is 2.10. The van der Waals surface area contributed by atoms with Gasteiger partial charge in [-0.1, -0.05) is 0 Å². The van der Waals surface area contributed by atoms with Crippen LogP contribution in [0.1, 0.15) is 22.3 Å². The van der Waals surface area contributed by atoms with Gasteiger partial charge in [0.2, 0.25) is 0 Å². The molecule has 0 spiro atoms. The minimum Gasteiger partial charge on any atom is -0.376 e. The Kier molecular flexibility index (Phi) is 3.72. The van der Waals surface area contributed by atoms with Crippen molar-refractivity contribution in [3.63, 3.8) is 0 Å². The Labute approximate surface area is 77.3 Å². The second-order valence-electron chi connectivity index (χ2n) is 2.75. The number of nitrogens with two attached hydrogens (primary N) is 1. The molecule has 0 saturated heterocycles. The predicted molar refractivity (Wildman–Crippen MR) is 52.5 cm³/mol. The second kappa shape index (κ2) is 4.60. The summed E-state index contributed by atoms with van der Waals surface area (Å²) >= 11 is 1.78. The molecular weight excluding hydrogens is 170 g/mol. The van der Waals surface area contributed by atoms with E-state index < -0.39 is 0 Å². The maximum Gasteiger partial charge on any atom is 0.0925 e. The van der Waals surface area contributed by atoms with Crippen molar-refractivity contribution in [1.29, 1.82) is 0 Å². The van der Waals surface area contributed by atoms with Gasteiger partial charge in [0.15, 0.2) is 0 Å². The minimum absolute atomic E-state index is 0.189. The van der Waals surface area contributed by atoms with E-state index in [1.165, 1.54) is 9.75 Å². The fourth-order valence-electron chi connectivity index (χ4n) is 1.15. The first-order chi connectivity index (χ1) is 5.77. The Morgan fingerprint density at radius 2 is 2.33 bits per heavy atom. The quantitative estimate of drug-likeness (QED) is 0.779. The molecule has 0 saturated carbocycles. The van der Waals surface area contributed by atoms with Gasteiger partial charge in [0, 0.05) is 16.9 Å². The summed E-state index contributed by atoms with van der Waals surface area (Å²) < 4.78 is 5.32. The molecule has 1 aromatic heterocycles. The fraction of sp³-hybridized carbons (Fsp3) is 0.556. The van der Waals surface area contributed by atoms with E-state index in [1.807, 2.05) is 0 Å². The van der Waals surface area contributed by atoms with E-state index in [4.69, 9.17) is 10.5 Å². The van der Waals surface area contributed by atoms with Gasteiger partial charge < -0.3 is 10.5 Å². The zero-order valence-corrected chi connectivity index (χ0v) is 8.36. The van der Waals surface area contributed by atoms with E-state index >= 15 is 0 Å². The van der Waals surface area contributed by atoms with Crippen LogP contribution >= 0.6 is 11.3 Å². The largest absolute Gasteiger partial charge is 0.376 e. The van der Waals surface area contributed by atoms with Crippen LogP contribution in [0.25, 0.3) is 0 Å². The first kappa shape index (κ1) is 9.71. The lowest BCUT2D eigenvalue weighted by molar-refractivity contribution is 0.101. The molecule has 0 aliphatic heterocycles. The van der Waals surface area contributed by atoms with Gasteiger partial charge in [0.1, 0.15) is 0 Å². The summed E-state index contributed by atoms with van der Waals surface area (Å²) in [7, 11) is 1.73. The highest BCUT2D eigenvalue weighted by atomic mass is 32.1. The van der Waals surface area contributed by atoms with Crippen LogP contribution < -0.4 is 5.73 Å². The summed E-state index contributed by atoms with van der Waals surface area (Å²) in [5.74, 6) is 0. The highest BCUT2D eigenvalue weighted by Crippen LogP contribution is 2.26. The number of ether oxygens (including phenoxy) is 1. The summed E-state index contributed by atoms with van der Waals surface area (Å²) in [5.41, 5.74) is 5.47. The number of aryl methyl sites for hydroxylation is 1. The van der Waals surface area contributed by atoms with Crippen molar-refractivity contribution < 1.29 is 4.74 Å². The Bertz CT molecular complexity index is 234. The summed E-state index contributed by atoms with van der Waals surface area (Å²) in [4.78, 5) is 2.60. The van der Waals surface area contributed by atoms with Crippen LogP contribution in [0.5, 0.6) is 0 Å². The number of hydrogen-bond donors (Lipinski definition) is 1. The topological polar surface area (TPSA) is 35.2 Å². The maximum atomic E-state index is 5.47. The van der Waals surface area contributed by atoms with Gasteiger partial charge in [-0.3, -0.25) is 0 Å². The van der Waals surface area contributed by atoms with E-state index in [0.717, 1.165) is 6.42 Å². The Hall–Kier alpha value is -0.380. The van der Waals surface area contributed by atoms with E-state index in [2.05, 4.69) is 19.1 Å². The van der Waals surface area contributed by atoms with Crippen LogP contribution in [0, 0.1) is 6.92 Å². The van der Waals surface area contributed by atoms with Gasteiger partial charge in [-0.15, -0.1) is 11.3 Å². The fourth-order valence-corrected chi connectivity index (χ4v) is 2.14. The molecule has 0 aromatic carbocycles. The lowest BCUT2D eigenvalue weighted by atomic mass is 10.2. The molecule has 1 atom stereocenters. The van der Waals surface area contributed by atoms with Crippen molar-refractivity contribution in [2.45, 2.75) is 19.4 Å². The van der Waals surface area contributed by atoms with E-state index in [9.17, 15) is 0 Å². The molecule has 2 nitrogen and oxygen atoms in total. The molecular formula is C9H15NOS. The van der Waals surface area contributed by atoms with Gasteiger partial charge in [-0.25, -0.2) is 0 Å². The molecule has 68 valence electrons. The second-order valence-corrected chi connectivity index (χ2v) is 4.07. The zero-order chi connectivity index (χ0) is 8.97. The third kappa shape index (κ3) is 2.30. The molecule has 12 heavy (non-hydrogen) atoms. The molecule has 0 radical (unpaired) electrons. The zero-order valence-electron chi connectivity index (χ0n) is 7.54. The predicted octanol–water partition coefficient (Wildman–Crippen LogP) is 2.09. The number of hydrogen-bond acceptors (Lipinski definition) is 3. The van der Waals surface area contributed by atoms with Crippen molar-refractivity contribution in [3.8, 4) is 0 Å². The number of thiophene rings is 1. The standard InChI is InChI=1S/C9H15NOS/c1-7-3-4-9(12-7)8(11-2)5-6-10/h3-4,8H,5-6,10H2,1-2H3. The molecule has 0 aliphatic carbocycles. The number of methoxy groups -OCH3 is 1. The van der Waals surface area contributed by atoms with Crippen LogP contribution in [0.15, 0.2) is 12.1 Å². The average molecular weight is 185 g/mol. The molecule has 0 amide bonds. The van der Waals surface area contributed by atoms with Gasteiger partial charge in [-0.2, -0.15) is 0 Å². The molecule has 0 aliphatic rings. The van der Waals surface area contributed by atoms with E-state index in [0.29, 0.717) is 6.54 Å². The van der Waals surface area contributed by atoms with Crippen molar-refractivity contribution in [1.82, 2.24) is 0 Å². The summed E-state index contributed by atoms with van der Waals surface area (Å²) in [6, 6.07) is 4.23. The van der Waals surface area contributed by atoms with Gasteiger partial charge in [0.25, 0.3) is 0 Å². The third-order valence-electron chi connectivity index (χ3n) is 1.79. The molecule has 2 N–H and O–H groups in total. The molecule has 1 unspecified atom stereocenters. The lowest BCUT2D eigenvalue weighted by Gasteiger charge is -2.11. The number of rotatable bonds is 4. The maximum absolute atomic E-state index is 5.47. The molecule has 3 heteroatoms. The monoisotopic (exact) mass is 185 g/mol. The first-order valence-corrected chi connectivity index (χ1v) is 4.88. The summed E-state index contributed by atoms with van der Waals surface area (Å²) in [5, 5.41) is 0. The SMILES string of the molecule is COC(CCN)c1ccc(C)s1.